The van der Waals surface area contributed by atoms with Crippen LogP contribution in [0.25, 0.3) is 0 Å². The number of hydrogen-bond acceptors (Lipinski definition) is 4. The summed E-state index contributed by atoms with van der Waals surface area (Å²) in [5.74, 6) is -1.26. The summed E-state index contributed by atoms with van der Waals surface area (Å²) in [4.78, 5) is 34.5. The largest absolute Gasteiger partial charge is 0.460 e. The predicted molar refractivity (Wildman–Crippen MR) is 64.7 cm³/mol. The number of rotatable bonds is 3. The Balaban J connectivity index is 2.65. The van der Waals surface area contributed by atoms with E-state index in [1.165, 1.54) is 0 Å². The number of amides is 3. The van der Waals surface area contributed by atoms with E-state index in [9.17, 15) is 14.4 Å². The lowest BCUT2D eigenvalue weighted by atomic mass is 9.90. The molecule has 1 saturated heterocycles. The molecule has 1 heterocycles. The lowest BCUT2D eigenvalue weighted by Gasteiger charge is -2.26. The summed E-state index contributed by atoms with van der Waals surface area (Å²) in [7, 11) is 0. The molecule has 0 aromatic heterocycles. The summed E-state index contributed by atoms with van der Waals surface area (Å²) in [6.45, 7) is 8.61. The van der Waals surface area contributed by atoms with Crippen molar-refractivity contribution in [2.24, 2.45) is 5.92 Å². The van der Waals surface area contributed by atoms with E-state index in [0.717, 1.165) is 0 Å². The summed E-state index contributed by atoms with van der Waals surface area (Å²) in [6.07, 6.45) is 0.208. The maximum Gasteiger partial charge on any atom is 0.322 e. The molecule has 0 spiro atoms. The molecule has 0 aliphatic carbocycles. The minimum absolute atomic E-state index is 0.208. The van der Waals surface area contributed by atoms with Crippen LogP contribution in [0, 0.1) is 5.92 Å². The Kier molecular flexibility index (Phi) is 3.69. The molecule has 2 N–H and O–H groups in total. The van der Waals surface area contributed by atoms with Crippen LogP contribution in [0.3, 0.4) is 0 Å². The first kappa shape index (κ1) is 14.5. The van der Waals surface area contributed by atoms with Gasteiger partial charge in [0.15, 0.2) is 0 Å². The highest BCUT2D eigenvalue weighted by Gasteiger charge is 2.44. The van der Waals surface area contributed by atoms with Gasteiger partial charge in [0.1, 0.15) is 11.1 Å². The number of hydrogen-bond donors (Lipinski definition) is 2. The number of carbonyl (C=O) groups is 3. The lowest BCUT2D eigenvalue weighted by Crippen LogP contribution is -2.46. The molecule has 1 aliphatic rings. The quantitative estimate of drug-likeness (QED) is 0.581. The van der Waals surface area contributed by atoms with Crippen LogP contribution in [-0.2, 0) is 14.3 Å². The second kappa shape index (κ2) is 4.59. The first-order valence-corrected chi connectivity index (χ1v) is 5.90. The van der Waals surface area contributed by atoms with E-state index >= 15 is 0 Å². The third kappa shape index (κ3) is 3.45. The fourth-order valence-electron chi connectivity index (χ4n) is 1.82. The zero-order valence-corrected chi connectivity index (χ0v) is 11.4. The van der Waals surface area contributed by atoms with E-state index in [1.54, 1.807) is 34.6 Å². The monoisotopic (exact) mass is 256 g/mol. The van der Waals surface area contributed by atoms with Crippen molar-refractivity contribution in [1.82, 2.24) is 10.6 Å². The van der Waals surface area contributed by atoms with Crippen LogP contribution in [-0.4, -0.2) is 29.0 Å². The number of urea groups is 1. The van der Waals surface area contributed by atoms with E-state index in [0.29, 0.717) is 0 Å². The molecule has 6 heteroatoms. The average molecular weight is 256 g/mol. The summed E-state index contributed by atoms with van der Waals surface area (Å²) >= 11 is 0. The van der Waals surface area contributed by atoms with Crippen molar-refractivity contribution in [3.05, 3.63) is 0 Å². The molecule has 3 amide bonds. The van der Waals surface area contributed by atoms with E-state index in [2.05, 4.69) is 10.6 Å². The van der Waals surface area contributed by atoms with Crippen LogP contribution in [0.5, 0.6) is 0 Å². The highest BCUT2D eigenvalue weighted by Crippen LogP contribution is 2.22. The number of ether oxygens (including phenoxy) is 1. The Morgan fingerprint density at radius 3 is 2.33 bits per heavy atom. The van der Waals surface area contributed by atoms with Gasteiger partial charge in [-0.25, -0.2) is 4.79 Å². The normalized spacial score (nSPS) is 25.4. The summed E-state index contributed by atoms with van der Waals surface area (Å²) in [5.41, 5.74) is -1.61. The van der Waals surface area contributed by atoms with Crippen molar-refractivity contribution in [3.63, 3.8) is 0 Å². The van der Waals surface area contributed by atoms with E-state index < -0.39 is 29.0 Å². The molecule has 102 valence electrons. The van der Waals surface area contributed by atoms with Gasteiger partial charge in [0, 0.05) is 0 Å². The molecular weight excluding hydrogens is 236 g/mol. The standard InChI is InChI=1S/C12H20N2O4/c1-7(8(15)18-11(2,3)4)6-12(5)9(16)13-10(17)14-12/h7H,6H2,1-5H3,(H2,13,14,16,17). The van der Waals surface area contributed by atoms with Crippen LogP contribution < -0.4 is 10.6 Å². The minimum Gasteiger partial charge on any atom is -0.460 e. The Bertz CT molecular complexity index is 386. The highest BCUT2D eigenvalue weighted by atomic mass is 16.6. The van der Waals surface area contributed by atoms with Crippen LogP contribution in [0.1, 0.15) is 41.0 Å². The zero-order valence-electron chi connectivity index (χ0n) is 11.4. The molecule has 0 aromatic carbocycles. The van der Waals surface area contributed by atoms with Crippen molar-refractivity contribution in [2.45, 2.75) is 52.2 Å². The third-order valence-corrected chi connectivity index (χ3v) is 2.64. The van der Waals surface area contributed by atoms with Crippen molar-refractivity contribution < 1.29 is 19.1 Å². The zero-order chi connectivity index (χ0) is 14.1. The Labute approximate surface area is 106 Å². The van der Waals surface area contributed by atoms with Gasteiger partial charge in [-0.1, -0.05) is 6.92 Å². The van der Waals surface area contributed by atoms with Crippen molar-refractivity contribution in [2.75, 3.05) is 0 Å². The molecule has 0 radical (unpaired) electrons. The first-order valence-electron chi connectivity index (χ1n) is 5.90. The van der Waals surface area contributed by atoms with Gasteiger partial charge < -0.3 is 10.1 Å². The van der Waals surface area contributed by atoms with Gasteiger partial charge in [-0.3, -0.25) is 14.9 Å². The molecule has 1 aliphatic heterocycles. The highest BCUT2D eigenvalue weighted by molar-refractivity contribution is 6.06. The Morgan fingerprint density at radius 2 is 1.94 bits per heavy atom. The molecule has 6 nitrogen and oxygen atoms in total. The van der Waals surface area contributed by atoms with Gasteiger partial charge in [-0.05, 0) is 34.1 Å². The lowest BCUT2D eigenvalue weighted by molar-refractivity contribution is -0.160. The van der Waals surface area contributed by atoms with Crippen LogP contribution >= 0.6 is 0 Å². The summed E-state index contributed by atoms with van der Waals surface area (Å²) in [6, 6.07) is -0.529. The smallest absolute Gasteiger partial charge is 0.322 e. The summed E-state index contributed by atoms with van der Waals surface area (Å²) < 4.78 is 5.23. The molecule has 0 bridgehead atoms. The van der Waals surface area contributed by atoms with Crippen LogP contribution in [0.2, 0.25) is 0 Å². The van der Waals surface area contributed by atoms with Crippen LogP contribution in [0.15, 0.2) is 0 Å². The molecule has 0 saturated carbocycles. The van der Waals surface area contributed by atoms with Crippen molar-refractivity contribution in [1.29, 1.82) is 0 Å². The fourth-order valence-corrected chi connectivity index (χ4v) is 1.82. The van der Waals surface area contributed by atoms with E-state index in [4.69, 9.17) is 4.74 Å². The van der Waals surface area contributed by atoms with Gasteiger partial charge in [0.25, 0.3) is 5.91 Å². The van der Waals surface area contributed by atoms with E-state index in [1.807, 2.05) is 0 Å². The van der Waals surface area contributed by atoms with Gasteiger partial charge in [-0.15, -0.1) is 0 Å². The molecule has 18 heavy (non-hydrogen) atoms. The van der Waals surface area contributed by atoms with Gasteiger partial charge in [0.2, 0.25) is 0 Å². The molecule has 0 aromatic rings. The van der Waals surface area contributed by atoms with Gasteiger partial charge >= 0.3 is 12.0 Å². The Hall–Kier alpha value is -1.59. The summed E-state index contributed by atoms with van der Waals surface area (Å²) in [5, 5.41) is 4.68. The maximum absolute atomic E-state index is 11.8. The second-order valence-electron chi connectivity index (χ2n) is 5.88. The number of nitrogens with one attached hydrogen (secondary N) is 2. The SMILES string of the molecule is CC(CC1(C)NC(=O)NC1=O)C(=O)OC(C)(C)C. The van der Waals surface area contributed by atoms with E-state index in [-0.39, 0.29) is 12.4 Å². The minimum atomic E-state index is -1.05. The predicted octanol–water partition coefficient (Wildman–Crippen LogP) is 0.952. The molecule has 2 atom stereocenters. The maximum atomic E-state index is 11.8. The Morgan fingerprint density at radius 1 is 1.39 bits per heavy atom. The molecule has 1 rings (SSSR count). The van der Waals surface area contributed by atoms with Crippen LogP contribution in [0.4, 0.5) is 4.79 Å². The topological polar surface area (TPSA) is 84.5 Å². The second-order valence-corrected chi connectivity index (χ2v) is 5.88. The molecule has 2 unspecified atom stereocenters. The first-order chi connectivity index (χ1) is 8.03. The van der Waals surface area contributed by atoms with Crippen molar-refractivity contribution >= 4 is 17.9 Å². The fraction of sp³-hybridized carbons (Fsp3) is 0.750. The molecular formula is C12H20N2O4. The van der Waals surface area contributed by atoms with Crippen molar-refractivity contribution in [3.8, 4) is 0 Å². The number of carbonyl (C=O) groups excluding carboxylic acids is 3. The van der Waals surface area contributed by atoms with Gasteiger partial charge in [-0.2, -0.15) is 0 Å². The molecule has 1 fully saturated rings. The van der Waals surface area contributed by atoms with Gasteiger partial charge in [0.05, 0.1) is 5.92 Å². The third-order valence-electron chi connectivity index (χ3n) is 2.64. The number of imide groups is 1. The number of esters is 1. The average Bonchev–Trinajstić information content (AvgIpc) is 2.37.